The molecule has 84 heavy (non-hydrogen) atoms. The van der Waals surface area contributed by atoms with E-state index >= 15 is 0 Å². The van der Waals surface area contributed by atoms with Crippen LogP contribution in [0, 0.1) is 0 Å². The summed E-state index contributed by atoms with van der Waals surface area (Å²) in [5.41, 5.74) is 0. The average Bonchev–Trinajstić information content (AvgIpc) is 1.82. The zero-order valence-electron chi connectivity index (χ0n) is 44.6. The van der Waals surface area contributed by atoms with Gasteiger partial charge < -0.3 is 186 Å². The Morgan fingerprint density at radius 3 is 0.667 bits per heavy atom. The minimum absolute atomic E-state index is 0. The Labute approximate surface area is 482 Å². The fourth-order valence-corrected chi connectivity index (χ4v) is 11.1. The second-order valence-corrected chi connectivity index (χ2v) is 21.3. The van der Waals surface area contributed by atoms with Crippen LogP contribution >= 0.6 is 0 Å². The molecule has 0 saturated carbocycles. The molecular formula is C46H79ClN2O35. The summed E-state index contributed by atoms with van der Waals surface area (Å²) in [4.78, 5) is 11.6. The van der Waals surface area contributed by atoms with E-state index in [4.69, 9.17) is 66.3 Å². The number of ether oxygens (including phenoxy) is 14. The first kappa shape index (κ1) is 70.0. The number of carbonyl (C=O) groups excluding carboxylic acids is 1. The molecule has 23 N–H and O–H groups in total. The number of hydrogen-bond donors (Lipinski definition) is 22. The lowest BCUT2D eigenvalue weighted by molar-refractivity contribution is -0.565. The second kappa shape index (κ2) is 30.6. The van der Waals surface area contributed by atoms with Crippen molar-refractivity contribution < 1.29 is 191 Å². The molecule has 0 spiro atoms. The fourth-order valence-electron chi connectivity index (χ4n) is 11.1. The quantitative estimate of drug-likeness (QED) is 0.0854. The maximum atomic E-state index is 11.7. The van der Waals surface area contributed by atoms with Gasteiger partial charge in [0.1, 0.15) is 171 Å². The van der Waals surface area contributed by atoms with Crippen molar-refractivity contribution in [1.29, 1.82) is 0 Å². The Kier molecular flexibility index (Phi) is 25.5. The van der Waals surface area contributed by atoms with Crippen molar-refractivity contribution in [3.05, 3.63) is 0 Å². The number of amides is 1. The molecule has 490 valence electrons. The minimum Gasteiger partial charge on any atom is -1.00 e. The van der Waals surface area contributed by atoms with Crippen molar-refractivity contribution in [2.24, 2.45) is 0 Å². The highest BCUT2D eigenvalue weighted by Crippen LogP contribution is 2.39. The van der Waals surface area contributed by atoms with Crippen LogP contribution in [-0.4, -0.2) is 382 Å². The van der Waals surface area contributed by atoms with Gasteiger partial charge in [-0.25, -0.2) is 4.79 Å². The molecule has 21 fully saturated rings. The SMILES string of the molecule is CC(=O)[NH2+]CCNC[C@@H]1O[C@@H]2O[C@H]3[C@H](O)[C@H](O)[C@@H](O[C@H]4[C@@H](O)[C@H](O)[C@@H](O[C@H]5[C@H](O)[C@@H](O)[C@@H](O[C@H]6[C@H](O)[C@@H](O)[C@@H](O[C@H]7[C@H](O)[C@@H](O)[C@@H](O[C@H]8[C@H](O)[C@@H](O)[C@@H](O[C@H]1[C@H](O)[C@H]2O)O[C@H]8CO)O[C@H]7CO)O[C@H]6CO)O[C@@H]5CO)O[C@@H]4CO)O[C@@H]3CO.[Cl-]. The molecule has 0 aromatic rings. The number of carbonyl (C=O) groups is 1. The molecule has 21 saturated heterocycles. The van der Waals surface area contributed by atoms with E-state index in [0.29, 0.717) is 0 Å². The van der Waals surface area contributed by atoms with Gasteiger partial charge in [0.05, 0.1) is 53.1 Å². The van der Waals surface area contributed by atoms with E-state index < -0.39 is 255 Å². The molecule has 0 aromatic carbocycles. The lowest BCUT2D eigenvalue weighted by atomic mass is 9.95. The van der Waals surface area contributed by atoms with Crippen LogP contribution in [-0.2, 0) is 71.1 Å². The number of aliphatic hydroxyl groups is 20. The lowest BCUT2D eigenvalue weighted by Crippen LogP contribution is -3.00. The molecule has 35 atom stereocenters. The van der Waals surface area contributed by atoms with Gasteiger partial charge in [-0.3, -0.25) is 5.32 Å². The number of nitrogens with one attached hydrogen (secondary N) is 1. The second-order valence-electron chi connectivity index (χ2n) is 21.3. The number of rotatable bonds is 11. The van der Waals surface area contributed by atoms with Gasteiger partial charge in [0.2, 0.25) is 0 Å². The number of primary amides is 1. The molecule has 21 aliphatic heterocycles. The zero-order valence-corrected chi connectivity index (χ0v) is 45.4. The Bertz CT molecular complexity index is 2010. The van der Waals surface area contributed by atoms with Gasteiger partial charge in [0.15, 0.2) is 44.0 Å². The maximum Gasteiger partial charge on any atom is 0.307 e. The van der Waals surface area contributed by atoms with Crippen LogP contribution in [0.15, 0.2) is 0 Å². The van der Waals surface area contributed by atoms with E-state index in [9.17, 15) is 107 Å². The van der Waals surface area contributed by atoms with Gasteiger partial charge >= 0.3 is 5.91 Å². The first-order valence-corrected chi connectivity index (χ1v) is 26.9. The summed E-state index contributed by atoms with van der Waals surface area (Å²) in [5.74, 6) is -0.262. The van der Waals surface area contributed by atoms with Crippen LogP contribution in [0.2, 0.25) is 0 Å². The van der Waals surface area contributed by atoms with E-state index in [2.05, 4.69) is 5.32 Å². The van der Waals surface area contributed by atoms with Crippen LogP contribution in [0.3, 0.4) is 0 Å². The Balaban J connectivity index is 0.0000101. The van der Waals surface area contributed by atoms with E-state index in [1.807, 2.05) is 0 Å². The van der Waals surface area contributed by atoms with Gasteiger partial charge in [-0.2, -0.15) is 0 Å². The van der Waals surface area contributed by atoms with Gasteiger partial charge in [0.25, 0.3) is 0 Å². The fraction of sp³-hybridized carbons (Fsp3) is 0.978. The van der Waals surface area contributed by atoms with Crippen LogP contribution in [0.1, 0.15) is 6.92 Å². The molecule has 0 aliphatic carbocycles. The molecular weight excluding hydrogens is 1180 g/mol. The zero-order chi connectivity index (χ0) is 60.5. The third-order valence-corrected chi connectivity index (χ3v) is 15.7. The first-order chi connectivity index (χ1) is 39.5. The summed E-state index contributed by atoms with van der Waals surface area (Å²) in [5, 5.41) is 227. The van der Waals surface area contributed by atoms with Crippen molar-refractivity contribution in [1.82, 2.24) is 5.32 Å². The molecule has 14 bridgehead atoms. The van der Waals surface area contributed by atoms with Crippen LogP contribution in [0.5, 0.6) is 0 Å². The van der Waals surface area contributed by atoms with Gasteiger partial charge in [-0.05, 0) is 0 Å². The minimum atomic E-state index is -2.21. The molecule has 21 heterocycles. The third-order valence-electron chi connectivity index (χ3n) is 15.7. The highest BCUT2D eigenvalue weighted by Gasteiger charge is 2.59. The molecule has 21 aliphatic rings. The molecule has 0 aromatic heterocycles. The highest BCUT2D eigenvalue weighted by molar-refractivity contribution is 5.61. The molecule has 1 amide bonds. The van der Waals surface area contributed by atoms with E-state index in [1.54, 1.807) is 0 Å². The van der Waals surface area contributed by atoms with Crippen LogP contribution < -0.4 is 23.0 Å². The number of quaternary nitrogens is 1. The van der Waals surface area contributed by atoms with Gasteiger partial charge in [-0.1, -0.05) is 0 Å². The maximum absolute atomic E-state index is 11.7. The Hall–Kier alpha value is -1.48. The summed E-state index contributed by atoms with van der Waals surface area (Å²) in [6.07, 6.45) is -69.8. The summed E-state index contributed by atoms with van der Waals surface area (Å²) in [6.45, 7) is -5.00. The van der Waals surface area contributed by atoms with Crippen molar-refractivity contribution in [3.63, 3.8) is 0 Å². The van der Waals surface area contributed by atoms with E-state index in [0.717, 1.165) is 0 Å². The topological polar surface area (TPSA) is 580 Å². The summed E-state index contributed by atoms with van der Waals surface area (Å²) in [7, 11) is 0. The molecule has 37 nitrogen and oxygen atoms in total. The Morgan fingerprint density at radius 1 is 0.310 bits per heavy atom. The monoisotopic (exact) mass is 1250 g/mol. The number of halogens is 1. The van der Waals surface area contributed by atoms with E-state index in [1.165, 1.54) is 12.2 Å². The average molecular weight is 1260 g/mol. The molecule has 21 rings (SSSR count). The number of hydrogen-bond acceptors (Lipinski definition) is 36. The first-order valence-electron chi connectivity index (χ1n) is 26.9. The van der Waals surface area contributed by atoms with Crippen molar-refractivity contribution in [2.45, 2.75) is 222 Å². The largest absolute Gasteiger partial charge is 1.00 e. The number of nitrogens with two attached hydrogens (primary N) is 1. The van der Waals surface area contributed by atoms with Crippen molar-refractivity contribution in [3.8, 4) is 0 Å². The third kappa shape index (κ3) is 14.6. The van der Waals surface area contributed by atoms with Crippen LogP contribution in [0.4, 0.5) is 0 Å². The summed E-state index contributed by atoms with van der Waals surface area (Å²) < 4.78 is 80.9. The smallest absolute Gasteiger partial charge is 0.307 e. The predicted octanol–water partition coefficient (Wildman–Crippen LogP) is -19.5. The molecule has 0 radical (unpaired) electrons. The van der Waals surface area contributed by atoms with Crippen molar-refractivity contribution >= 4 is 5.91 Å². The number of aliphatic hydroxyl groups excluding tert-OH is 20. The van der Waals surface area contributed by atoms with E-state index in [-0.39, 0.29) is 37.9 Å². The van der Waals surface area contributed by atoms with Gasteiger partial charge in [0, 0.05) is 13.1 Å². The van der Waals surface area contributed by atoms with Crippen molar-refractivity contribution in [2.75, 3.05) is 59.3 Å². The summed E-state index contributed by atoms with van der Waals surface area (Å²) >= 11 is 0. The Morgan fingerprint density at radius 2 is 0.488 bits per heavy atom. The molecule has 38 heteroatoms. The standard InChI is InChI=1S/C46H78N2O35.ClH/c1-11(55)48-3-2-47-4-12-33-19(56)26(63)40(70-12)78-34-13(5-49)72-42(28(65)21(34)58)80-36-15(7-51)74-44(30(67)23(36)60)82-38-17(9-53)76-46(32(69)25(38)62)83-39-18(10-54)75-45(31(68)24(39)61)81-37-16(8-52)73-43(29(66)22(37)59)79-35-14(6-50)71-41(77-33)27(64)20(35)57;/h12-47,49-54,56-69H,2-10H2,1H3,(H,48,55);1H/t12-,13+,14-,15+,16-,17+,18-,19+,20+,21+,22+,23-,24+,25+,26+,27+,28-,29+,30-,31+,32+,33+,34+,35+,36+,37+,38+,39+,40+,41+,42+,43+,44+,45+,46+;/m0./s1. The normalized spacial score (nSPS) is 51.6. The van der Waals surface area contributed by atoms with Gasteiger partial charge in [-0.15, -0.1) is 0 Å². The predicted molar refractivity (Wildman–Crippen MR) is 252 cm³/mol. The molecule has 0 unspecified atom stereocenters. The highest BCUT2D eigenvalue weighted by atomic mass is 35.5. The van der Waals surface area contributed by atoms with Crippen LogP contribution in [0.25, 0.3) is 0 Å². The lowest BCUT2D eigenvalue weighted by Gasteiger charge is -2.50. The summed E-state index contributed by atoms with van der Waals surface area (Å²) in [6, 6.07) is 0.